The normalized spacial score (nSPS) is 14.6. The monoisotopic (exact) mass is 856 g/mol. The van der Waals surface area contributed by atoms with Crippen molar-refractivity contribution in [3.63, 3.8) is 0 Å². The number of benzene rings is 2. The highest BCUT2D eigenvalue weighted by molar-refractivity contribution is 7.13. The first-order valence-electron chi connectivity index (χ1n) is 18.0. The SMILES string of the molecule is Cc1csc(NC(=O)c2ccc(N3CCN(C(=O)c4ccccc4C(F)(F)F)CC3)nn2)n1.O=C(O)c1ccc(N2CCN(C(=O)c3ccccc3C(F)(F)F)CC2)nn1. The summed E-state index contributed by atoms with van der Waals surface area (Å²) in [6.45, 7) is 4.17. The summed E-state index contributed by atoms with van der Waals surface area (Å²) in [5, 5.41) is 29.3. The van der Waals surface area contributed by atoms with Crippen LogP contribution in [0.3, 0.4) is 0 Å². The molecular weight excluding hydrogens is 823 g/mol. The maximum absolute atomic E-state index is 13.2. The van der Waals surface area contributed by atoms with Crippen LogP contribution in [0.15, 0.2) is 78.2 Å². The quantitative estimate of drug-likeness (QED) is 0.193. The van der Waals surface area contributed by atoms with Crippen LogP contribution in [0.25, 0.3) is 0 Å². The number of carbonyl (C=O) groups is 4. The van der Waals surface area contributed by atoms with E-state index < -0.39 is 47.2 Å². The fraction of sp³-hybridized carbons (Fsp3) is 0.289. The predicted octanol–water partition coefficient (Wildman–Crippen LogP) is 5.63. The minimum absolute atomic E-state index is 0.129. The van der Waals surface area contributed by atoms with E-state index in [4.69, 9.17) is 5.11 Å². The Kier molecular flexibility index (Phi) is 12.9. The van der Waals surface area contributed by atoms with E-state index in [2.05, 4.69) is 30.7 Å². The molecule has 0 aliphatic carbocycles. The lowest BCUT2D eigenvalue weighted by Crippen LogP contribution is -2.49. The molecule has 15 nitrogen and oxygen atoms in total. The number of alkyl halides is 6. The van der Waals surface area contributed by atoms with E-state index in [0.717, 1.165) is 17.8 Å². The van der Waals surface area contributed by atoms with Crippen molar-refractivity contribution in [2.24, 2.45) is 0 Å². The summed E-state index contributed by atoms with van der Waals surface area (Å²) < 4.78 is 79.1. The number of amides is 3. The van der Waals surface area contributed by atoms with Gasteiger partial charge in [-0.3, -0.25) is 19.7 Å². The fourth-order valence-corrected chi connectivity index (χ4v) is 6.93. The van der Waals surface area contributed by atoms with Gasteiger partial charge in [0.25, 0.3) is 17.7 Å². The number of carboxylic acids is 1. The van der Waals surface area contributed by atoms with Crippen molar-refractivity contribution in [1.82, 2.24) is 35.2 Å². The van der Waals surface area contributed by atoms with Crippen molar-refractivity contribution in [3.05, 3.63) is 118 Å². The number of nitrogens with zero attached hydrogens (tertiary/aromatic N) is 9. The molecule has 5 heterocycles. The Labute approximate surface area is 341 Å². The number of piperazine rings is 2. The number of nitrogens with one attached hydrogen (secondary N) is 1. The minimum Gasteiger partial charge on any atom is -0.476 e. The summed E-state index contributed by atoms with van der Waals surface area (Å²) in [4.78, 5) is 58.9. The van der Waals surface area contributed by atoms with Crippen LogP contribution in [0, 0.1) is 6.92 Å². The van der Waals surface area contributed by atoms with Gasteiger partial charge in [-0.2, -0.15) is 26.3 Å². The Hall–Kier alpha value is -6.71. The number of aromatic carboxylic acids is 1. The smallest absolute Gasteiger partial charge is 0.417 e. The van der Waals surface area contributed by atoms with E-state index >= 15 is 0 Å². The zero-order valence-electron chi connectivity index (χ0n) is 31.4. The number of halogens is 6. The number of thiazole rings is 1. The van der Waals surface area contributed by atoms with Crippen LogP contribution < -0.4 is 15.1 Å². The van der Waals surface area contributed by atoms with Crippen molar-refractivity contribution in [2.45, 2.75) is 19.3 Å². The standard InChI is InChI=1S/C21H19F3N6O2S.C17H15F3N4O3/c1-13-12-33-20(25-13)26-18(31)16-6-7-17(28-27-16)29-8-10-30(11-9-29)19(32)14-4-2-3-5-15(14)21(22,23)24;18-17(19,20)12-4-2-1-3-11(12)15(25)24-9-7-23(8-10-24)14-6-5-13(16(26)27)21-22-14/h2-7,12H,8-11H2,1H3,(H,25,26,31);1-6H,7-10H2,(H,26,27). The number of aromatic nitrogens is 5. The van der Waals surface area contributed by atoms with E-state index in [0.29, 0.717) is 42.9 Å². The van der Waals surface area contributed by atoms with Crippen LogP contribution in [-0.2, 0) is 12.4 Å². The van der Waals surface area contributed by atoms with Crippen LogP contribution in [0.1, 0.15) is 58.5 Å². The fourth-order valence-electron chi connectivity index (χ4n) is 6.25. The van der Waals surface area contributed by atoms with Crippen LogP contribution >= 0.6 is 11.3 Å². The lowest BCUT2D eigenvalue weighted by molar-refractivity contribution is -0.138. The van der Waals surface area contributed by atoms with E-state index in [9.17, 15) is 45.5 Å². The molecule has 0 bridgehead atoms. The van der Waals surface area contributed by atoms with Gasteiger partial charge in [-0.1, -0.05) is 24.3 Å². The highest BCUT2D eigenvalue weighted by Crippen LogP contribution is 2.34. The molecule has 314 valence electrons. The van der Waals surface area contributed by atoms with Crippen LogP contribution in [-0.4, -0.2) is 116 Å². The summed E-state index contributed by atoms with van der Waals surface area (Å²) in [7, 11) is 0. The lowest BCUT2D eigenvalue weighted by atomic mass is 10.1. The van der Waals surface area contributed by atoms with Crippen molar-refractivity contribution in [2.75, 3.05) is 67.5 Å². The van der Waals surface area contributed by atoms with Gasteiger partial charge >= 0.3 is 18.3 Å². The maximum Gasteiger partial charge on any atom is 0.417 e. The molecule has 60 heavy (non-hydrogen) atoms. The molecule has 22 heteroatoms. The second kappa shape index (κ2) is 18.1. The Morgan fingerprint density at radius 1 is 0.617 bits per heavy atom. The Morgan fingerprint density at radius 2 is 1.05 bits per heavy atom. The minimum atomic E-state index is -4.60. The molecule has 2 saturated heterocycles. The molecule has 0 atom stereocenters. The summed E-state index contributed by atoms with van der Waals surface area (Å²) >= 11 is 1.31. The van der Waals surface area contributed by atoms with Gasteiger partial charge in [0.2, 0.25) is 0 Å². The summed E-state index contributed by atoms with van der Waals surface area (Å²) in [5.41, 5.74) is -1.87. The van der Waals surface area contributed by atoms with Gasteiger partial charge in [-0.25, -0.2) is 9.78 Å². The van der Waals surface area contributed by atoms with E-state index in [1.807, 2.05) is 17.2 Å². The van der Waals surface area contributed by atoms with E-state index in [-0.39, 0.29) is 48.7 Å². The first-order valence-corrected chi connectivity index (χ1v) is 18.9. The molecule has 7 rings (SSSR count). The van der Waals surface area contributed by atoms with Gasteiger partial charge in [0.1, 0.15) is 0 Å². The zero-order valence-corrected chi connectivity index (χ0v) is 32.3. The third-order valence-corrected chi connectivity index (χ3v) is 10.2. The lowest BCUT2D eigenvalue weighted by Gasteiger charge is -2.35. The third kappa shape index (κ3) is 10.3. The molecule has 0 radical (unpaired) electrons. The van der Waals surface area contributed by atoms with Crippen molar-refractivity contribution in [3.8, 4) is 0 Å². The molecule has 0 unspecified atom stereocenters. The first kappa shape index (κ1) is 42.9. The number of aryl methyl sites for hydroxylation is 1. The molecule has 3 amide bonds. The Bertz CT molecular complexity index is 2330. The molecule has 0 saturated carbocycles. The van der Waals surface area contributed by atoms with E-state index in [1.165, 1.54) is 75.7 Å². The maximum atomic E-state index is 13.2. The molecule has 2 aromatic carbocycles. The van der Waals surface area contributed by atoms with Gasteiger partial charge in [-0.15, -0.1) is 31.7 Å². The molecule has 5 aromatic rings. The van der Waals surface area contributed by atoms with Crippen LogP contribution in [0.4, 0.5) is 43.1 Å². The molecule has 2 aliphatic heterocycles. The van der Waals surface area contributed by atoms with Gasteiger partial charge in [0.15, 0.2) is 28.2 Å². The van der Waals surface area contributed by atoms with Crippen LogP contribution in [0.5, 0.6) is 0 Å². The topological polar surface area (TPSA) is 178 Å². The largest absolute Gasteiger partial charge is 0.476 e. The second-order valence-electron chi connectivity index (χ2n) is 13.3. The number of anilines is 3. The first-order chi connectivity index (χ1) is 28.5. The molecule has 2 fully saturated rings. The average Bonchev–Trinajstić information content (AvgIpc) is 3.66. The molecule has 2 aliphatic rings. The summed E-state index contributed by atoms with van der Waals surface area (Å²) in [6, 6.07) is 15.5. The van der Waals surface area contributed by atoms with Crippen molar-refractivity contribution in [1.29, 1.82) is 0 Å². The highest BCUT2D eigenvalue weighted by Gasteiger charge is 2.38. The number of rotatable bonds is 7. The van der Waals surface area contributed by atoms with Gasteiger partial charge in [-0.05, 0) is 55.5 Å². The average molecular weight is 857 g/mol. The number of carbonyl (C=O) groups excluding carboxylic acids is 3. The number of hydrogen-bond acceptors (Lipinski definition) is 12. The zero-order chi connectivity index (χ0) is 43.2. The Morgan fingerprint density at radius 3 is 1.42 bits per heavy atom. The number of carboxylic acid groups (broad SMARTS) is 1. The summed E-state index contributed by atoms with van der Waals surface area (Å²) in [5.74, 6) is -1.98. The predicted molar refractivity (Wildman–Crippen MR) is 205 cm³/mol. The molecular formula is C38H34F6N10O5S. The highest BCUT2D eigenvalue weighted by atomic mass is 32.1. The van der Waals surface area contributed by atoms with Crippen molar-refractivity contribution < 1.29 is 50.6 Å². The van der Waals surface area contributed by atoms with Crippen molar-refractivity contribution >= 4 is 51.8 Å². The number of hydrogen-bond donors (Lipinski definition) is 2. The summed E-state index contributed by atoms with van der Waals surface area (Å²) in [6.07, 6.45) is -9.20. The Balaban J connectivity index is 0.000000205. The molecule has 0 spiro atoms. The molecule has 2 N–H and O–H groups in total. The van der Waals surface area contributed by atoms with Gasteiger partial charge in [0, 0.05) is 57.7 Å². The van der Waals surface area contributed by atoms with Gasteiger partial charge in [0.05, 0.1) is 27.9 Å². The molecule has 3 aromatic heterocycles. The van der Waals surface area contributed by atoms with E-state index in [1.54, 1.807) is 11.0 Å². The third-order valence-electron chi connectivity index (χ3n) is 9.30. The second-order valence-corrected chi connectivity index (χ2v) is 14.1. The van der Waals surface area contributed by atoms with Crippen LogP contribution in [0.2, 0.25) is 0 Å². The van der Waals surface area contributed by atoms with Gasteiger partial charge < -0.3 is 24.7 Å².